The molecular formula is C20H21N3O5S. The molecule has 152 valence electrons. The van der Waals surface area contributed by atoms with Crippen molar-refractivity contribution in [2.24, 2.45) is 5.92 Å². The van der Waals surface area contributed by atoms with Crippen molar-refractivity contribution >= 4 is 34.9 Å². The summed E-state index contributed by atoms with van der Waals surface area (Å²) < 4.78 is 0. The number of piperidine rings is 1. The second-order valence-electron chi connectivity index (χ2n) is 7.42. The number of nitrogens with one attached hydrogen (secondary N) is 1. The zero-order valence-corrected chi connectivity index (χ0v) is 16.9. The third-order valence-corrected chi connectivity index (χ3v) is 5.60. The van der Waals surface area contributed by atoms with Gasteiger partial charge >= 0.3 is 5.97 Å². The van der Waals surface area contributed by atoms with Gasteiger partial charge in [-0.15, -0.1) is 11.3 Å². The molecule has 1 aliphatic heterocycles. The quantitative estimate of drug-likeness (QED) is 0.694. The van der Waals surface area contributed by atoms with E-state index in [9.17, 15) is 19.2 Å². The molecule has 2 heterocycles. The molecule has 0 bridgehead atoms. The smallest absolute Gasteiger partial charge is 0.322 e. The Labute approximate surface area is 171 Å². The summed E-state index contributed by atoms with van der Waals surface area (Å²) in [6.07, 6.45) is 0.000809. The molecule has 2 amide bonds. The Balaban J connectivity index is 1.80. The van der Waals surface area contributed by atoms with Crippen molar-refractivity contribution in [3.05, 3.63) is 40.7 Å². The molecular weight excluding hydrogens is 394 g/mol. The molecule has 8 nitrogen and oxygen atoms in total. The summed E-state index contributed by atoms with van der Waals surface area (Å²) in [4.78, 5) is 54.4. The molecule has 29 heavy (non-hydrogen) atoms. The topological polar surface area (TPSA) is 117 Å². The van der Waals surface area contributed by atoms with Gasteiger partial charge in [0.25, 0.3) is 0 Å². The van der Waals surface area contributed by atoms with Crippen molar-refractivity contribution in [2.75, 3.05) is 6.54 Å². The minimum absolute atomic E-state index is 0.000809. The number of ketones is 1. The molecule has 1 aliphatic rings. The van der Waals surface area contributed by atoms with Gasteiger partial charge < -0.3 is 15.3 Å². The van der Waals surface area contributed by atoms with Gasteiger partial charge in [0, 0.05) is 22.9 Å². The van der Waals surface area contributed by atoms with E-state index < -0.39 is 41.6 Å². The van der Waals surface area contributed by atoms with Crippen molar-refractivity contribution < 1.29 is 24.3 Å². The number of carboxylic acid groups (broad SMARTS) is 1. The van der Waals surface area contributed by atoms with Crippen LogP contribution in [0.5, 0.6) is 0 Å². The monoisotopic (exact) mass is 415 g/mol. The Kier molecular flexibility index (Phi) is 5.78. The van der Waals surface area contributed by atoms with E-state index >= 15 is 0 Å². The predicted molar refractivity (Wildman–Crippen MR) is 106 cm³/mol. The van der Waals surface area contributed by atoms with E-state index in [1.165, 1.54) is 16.2 Å². The van der Waals surface area contributed by atoms with E-state index in [-0.39, 0.29) is 13.0 Å². The van der Waals surface area contributed by atoms with Gasteiger partial charge in [-0.25, -0.2) is 4.98 Å². The number of thiazole rings is 1. The van der Waals surface area contributed by atoms with Crippen LogP contribution in [0.2, 0.25) is 0 Å². The maximum atomic E-state index is 13.0. The molecule has 1 atom stereocenters. The molecule has 1 fully saturated rings. The van der Waals surface area contributed by atoms with E-state index in [1.807, 2.05) is 35.7 Å². The molecule has 9 heteroatoms. The van der Waals surface area contributed by atoms with Gasteiger partial charge in [0.15, 0.2) is 11.7 Å². The molecule has 1 aromatic heterocycles. The van der Waals surface area contributed by atoms with Gasteiger partial charge in [0.1, 0.15) is 11.6 Å². The van der Waals surface area contributed by atoms with Crippen LogP contribution in [0, 0.1) is 5.92 Å². The largest absolute Gasteiger partial charge is 0.480 e. The van der Waals surface area contributed by atoms with E-state index in [1.54, 1.807) is 13.8 Å². The summed E-state index contributed by atoms with van der Waals surface area (Å²) in [7, 11) is 0. The first kappa shape index (κ1) is 20.7. The molecule has 0 spiro atoms. The fourth-order valence-electron chi connectivity index (χ4n) is 3.29. The second kappa shape index (κ2) is 8.12. The van der Waals surface area contributed by atoms with Crippen molar-refractivity contribution in [3.8, 4) is 11.3 Å². The highest BCUT2D eigenvalue weighted by Gasteiger charge is 2.48. The van der Waals surface area contributed by atoms with Gasteiger partial charge in [-0.1, -0.05) is 30.3 Å². The second-order valence-corrected chi connectivity index (χ2v) is 8.36. The lowest BCUT2D eigenvalue weighted by molar-refractivity contribution is -0.158. The Morgan fingerprint density at radius 1 is 1.28 bits per heavy atom. The molecule has 0 aliphatic carbocycles. The third-order valence-electron chi connectivity index (χ3n) is 4.76. The first-order valence-corrected chi connectivity index (χ1v) is 9.90. The predicted octanol–water partition coefficient (Wildman–Crippen LogP) is 1.71. The zero-order valence-electron chi connectivity index (χ0n) is 16.0. The maximum Gasteiger partial charge on any atom is 0.322 e. The van der Waals surface area contributed by atoms with E-state index in [0.717, 1.165) is 11.3 Å². The average Bonchev–Trinajstić information content (AvgIpc) is 3.12. The fraction of sp³-hybridized carbons (Fsp3) is 0.350. The van der Waals surface area contributed by atoms with Crippen LogP contribution in [0.3, 0.4) is 0 Å². The van der Waals surface area contributed by atoms with Crippen LogP contribution in [0.4, 0.5) is 0 Å². The molecule has 3 rings (SSSR count). The van der Waals surface area contributed by atoms with E-state index in [4.69, 9.17) is 5.11 Å². The van der Waals surface area contributed by atoms with Gasteiger partial charge in [0.05, 0.1) is 12.2 Å². The lowest BCUT2D eigenvalue weighted by Gasteiger charge is -2.43. The standard InChI is InChI=1S/C20H21N3O5S/c1-20(2)8-14(24)17(18(27)21-9-16(25)26)19(28)23(20)10-15-22-13(11-29-15)12-6-4-3-5-7-12/h3-7,11,17H,8-10H2,1-2H3,(H,21,27)(H,25,26). The highest BCUT2D eigenvalue weighted by molar-refractivity contribution is 7.09. The van der Waals surface area contributed by atoms with E-state index in [0.29, 0.717) is 5.01 Å². The number of amides is 2. The Morgan fingerprint density at radius 2 is 1.97 bits per heavy atom. The van der Waals surface area contributed by atoms with Gasteiger partial charge in [-0.2, -0.15) is 0 Å². The number of Topliss-reactive ketones (excluding diaryl/α,β-unsaturated/α-hetero) is 1. The summed E-state index contributed by atoms with van der Waals surface area (Å²) >= 11 is 1.40. The molecule has 0 saturated carbocycles. The number of carbonyl (C=O) groups is 4. The number of hydrogen-bond donors (Lipinski definition) is 2. The van der Waals surface area contributed by atoms with Crippen LogP contribution in [-0.4, -0.2) is 50.6 Å². The number of carboxylic acids is 1. The highest BCUT2D eigenvalue weighted by Crippen LogP contribution is 2.32. The van der Waals surface area contributed by atoms with E-state index in [2.05, 4.69) is 10.3 Å². The molecule has 0 radical (unpaired) electrons. The first-order valence-electron chi connectivity index (χ1n) is 9.02. The third kappa shape index (κ3) is 4.51. The Bertz CT molecular complexity index is 954. The van der Waals surface area contributed by atoms with Crippen LogP contribution < -0.4 is 5.32 Å². The summed E-state index contributed by atoms with van der Waals surface area (Å²) in [5, 5.41) is 13.4. The van der Waals surface area contributed by atoms with Gasteiger partial charge in [-0.05, 0) is 13.8 Å². The number of carbonyl (C=O) groups excluding carboxylic acids is 3. The Morgan fingerprint density at radius 3 is 2.62 bits per heavy atom. The molecule has 1 aromatic carbocycles. The number of aliphatic carboxylic acids is 1. The molecule has 1 saturated heterocycles. The minimum Gasteiger partial charge on any atom is -0.480 e. The number of aromatic nitrogens is 1. The summed E-state index contributed by atoms with van der Waals surface area (Å²) in [5.74, 6) is -4.81. The lowest BCUT2D eigenvalue weighted by atomic mass is 9.82. The normalized spacial score (nSPS) is 18.6. The zero-order chi connectivity index (χ0) is 21.2. The van der Waals surface area contributed by atoms with Crippen LogP contribution in [0.1, 0.15) is 25.3 Å². The van der Waals surface area contributed by atoms with Crippen molar-refractivity contribution in [2.45, 2.75) is 32.4 Å². The van der Waals surface area contributed by atoms with Crippen molar-refractivity contribution in [1.29, 1.82) is 0 Å². The molecule has 1 unspecified atom stereocenters. The van der Waals surface area contributed by atoms with Gasteiger partial charge in [0.2, 0.25) is 11.8 Å². The molecule has 2 N–H and O–H groups in total. The number of nitrogens with zero attached hydrogens (tertiary/aromatic N) is 2. The van der Waals surface area contributed by atoms with Crippen LogP contribution in [0.15, 0.2) is 35.7 Å². The first-order chi connectivity index (χ1) is 13.7. The summed E-state index contributed by atoms with van der Waals surface area (Å²) in [6, 6.07) is 9.63. The van der Waals surface area contributed by atoms with Crippen molar-refractivity contribution in [1.82, 2.24) is 15.2 Å². The number of benzene rings is 1. The average molecular weight is 415 g/mol. The van der Waals surface area contributed by atoms with Gasteiger partial charge in [-0.3, -0.25) is 19.2 Å². The van der Waals surface area contributed by atoms with Crippen molar-refractivity contribution in [3.63, 3.8) is 0 Å². The number of likely N-dealkylation sites (tertiary alicyclic amines) is 1. The molecule has 2 aromatic rings. The summed E-state index contributed by atoms with van der Waals surface area (Å²) in [5.41, 5.74) is 0.969. The number of rotatable bonds is 6. The lowest BCUT2D eigenvalue weighted by Crippen LogP contribution is -2.60. The highest BCUT2D eigenvalue weighted by atomic mass is 32.1. The number of hydrogen-bond acceptors (Lipinski definition) is 6. The van der Waals surface area contributed by atoms with Crippen LogP contribution in [-0.2, 0) is 25.7 Å². The summed E-state index contributed by atoms with van der Waals surface area (Å²) in [6.45, 7) is 3.05. The van der Waals surface area contributed by atoms with Crippen LogP contribution >= 0.6 is 11.3 Å². The maximum absolute atomic E-state index is 13.0. The van der Waals surface area contributed by atoms with Crippen LogP contribution in [0.25, 0.3) is 11.3 Å². The fourth-order valence-corrected chi connectivity index (χ4v) is 4.08. The minimum atomic E-state index is -1.53. The Hall–Kier alpha value is -3.07. The SMILES string of the molecule is CC1(C)CC(=O)C(C(=O)NCC(=O)O)C(=O)N1Cc1nc(-c2ccccc2)cs1.